The van der Waals surface area contributed by atoms with E-state index in [0.717, 1.165) is 11.3 Å². The first kappa shape index (κ1) is 12.3. The normalized spacial score (nSPS) is 11.2. The van der Waals surface area contributed by atoms with Gasteiger partial charge >= 0.3 is 5.00 Å². The smallest absolute Gasteiger partial charge is 0.324 e. The highest BCUT2D eigenvalue weighted by molar-refractivity contribution is 7.13. The zero-order chi connectivity index (χ0) is 13.9. The first-order chi connectivity index (χ1) is 9.72. The number of hydrogen-bond acceptors (Lipinski definition) is 7. The number of rotatable bonds is 4. The molecule has 0 bridgehead atoms. The second-order valence-electron chi connectivity index (χ2n) is 3.76. The van der Waals surface area contributed by atoms with E-state index in [1.165, 1.54) is 18.5 Å². The van der Waals surface area contributed by atoms with Crippen molar-refractivity contribution in [2.45, 2.75) is 0 Å². The Labute approximate surface area is 116 Å². The molecule has 0 unspecified atom stereocenters. The van der Waals surface area contributed by atoms with E-state index >= 15 is 0 Å². The van der Waals surface area contributed by atoms with E-state index in [9.17, 15) is 10.1 Å². The second kappa shape index (κ2) is 5.10. The van der Waals surface area contributed by atoms with Crippen LogP contribution >= 0.6 is 11.3 Å². The molecule has 0 radical (unpaired) electrons. The summed E-state index contributed by atoms with van der Waals surface area (Å²) in [6, 6.07) is 6.57. The largest absolute Gasteiger partial charge is 0.463 e. The lowest BCUT2D eigenvalue weighted by Crippen LogP contribution is -1.81. The number of aliphatic imine (C=N–C) groups is 1. The summed E-state index contributed by atoms with van der Waals surface area (Å²) in [4.78, 5) is 14.2. The molecule has 8 heteroatoms. The van der Waals surface area contributed by atoms with Gasteiger partial charge in [0.05, 0.1) is 11.2 Å². The third-order valence-electron chi connectivity index (χ3n) is 2.40. The average Bonchev–Trinajstić information content (AvgIpc) is 3.17. The lowest BCUT2D eigenvalue weighted by atomic mass is 10.3. The summed E-state index contributed by atoms with van der Waals surface area (Å²) in [5.74, 6) is 0.881. The molecule has 0 saturated heterocycles. The van der Waals surface area contributed by atoms with Gasteiger partial charge in [-0.25, -0.2) is 4.99 Å². The van der Waals surface area contributed by atoms with Crippen molar-refractivity contribution < 1.29 is 13.9 Å². The van der Waals surface area contributed by atoms with Crippen molar-refractivity contribution >= 4 is 28.4 Å². The summed E-state index contributed by atoms with van der Waals surface area (Å²) in [5.41, 5.74) is 1.18. The van der Waals surface area contributed by atoms with E-state index in [0.29, 0.717) is 22.9 Å². The van der Waals surface area contributed by atoms with Crippen LogP contribution < -0.4 is 0 Å². The number of hydrogen-bond donors (Lipinski definition) is 0. The molecule has 0 N–H and O–H groups in total. The predicted molar refractivity (Wildman–Crippen MR) is 72.4 cm³/mol. The van der Waals surface area contributed by atoms with E-state index in [1.54, 1.807) is 23.6 Å². The van der Waals surface area contributed by atoms with Crippen molar-refractivity contribution in [2.24, 2.45) is 4.99 Å². The molecule has 0 amide bonds. The Morgan fingerprint density at radius 2 is 2.35 bits per heavy atom. The Morgan fingerprint density at radius 3 is 3.05 bits per heavy atom. The maximum Gasteiger partial charge on any atom is 0.324 e. The molecule has 3 aromatic heterocycles. The van der Waals surface area contributed by atoms with Crippen LogP contribution in [0.1, 0.15) is 5.56 Å². The summed E-state index contributed by atoms with van der Waals surface area (Å²) < 4.78 is 10.2. The average molecular weight is 289 g/mol. The van der Waals surface area contributed by atoms with Crippen molar-refractivity contribution in [3.63, 3.8) is 0 Å². The molecular weight excluding hydrogens is 282 g/mol. The Bertz CT molecular complexity index is 757. The van der Waals surface area contributed by atoms with Gasteiger partial charge in [0.15, 0.2) is 11.5 Å². The molecule has 3 aromatic rings. The van der Waals surface area contributed by atoms with Crippen LogP contribution in [0.4, 0.5) is 10.9 Å². The van der Waals surface area contributed by atoms with Gasteiger partial charge in [0.1, 0.15) is 0 Å². The zero-order valence-electron chi connectivity index (χ0n) is 9.92. The Balaban J connectivity index is 1.77. The Morgan fingerprint density at radius 1 is 1.45 bits per heavy atom. The third-order valence-corrected chi connectivity index (χ3v) is 3.30. The Kier molecular flexibility index (Phi) is 3.13. The number of thiophene rings is 1. The molecule has 7 nitrogen and oxygen atoms in total. The maximum atomic E-state index is 10.6. The third kappa shape index (κ3) is 2.50. The molecule has 3 rings (SSSR count). The summed E-state index contributed by atoms with van der Waals surface area (Å²) in [5, 5.41) is 16.1. The second-order valence-corrected chi connectivity index (χ2v) is 4.65. The molecule has 20 heavy (non-hydrogen) atoms. The van der Waals surface area contributed by atoms with E-state index in [4.69, 9.17) is 8.94 Å². The van der Waals surface area contributed by atoms with Gasteiger partial charge in [-0.3, -0.25) is 10.1 Å². The van der Waals surface area contributed by atoms with Gasteiger partial charge in [-0.1, -0.05) is 16.5 Å². The molecule has 0 fully saturated rings. The zero-order valence-corrected chi connectivity index (χ0v) is 10.7. The van der Waals surface area contributed by atoms with Crippen molar-refractivity contribution in [1.82, 2.24) is 5.16 Å². The molecule has 0 aromatic carbocycles. The summed E-state index contributed by atoms with van der Waals surface area (Å²) in [6.45, 7) is 0. The molecule has 0 spiro atoms. The van der Waals surface area contributed by atoms with Crippen LogP contribution in [-0.4, -0.2) is 16.3 Å². The van der Waals surface area contributed by atoms with Gasteiger partial charge in [0, 0.05) is 29.3 Å². The monoisotopic (exact) mass is 289 g/mol. The van der Waals surface area contributed by atoms with Gasteiger partial charge in [-0.2, -0.15) is 0 Å². The van der Waals surface area contributed by atoms with Crippen molar-refractivity contribution in [2.75, 3.05) is 0 Å². The van der Waals surface area contributed by atoms with E-state index in [1.807, 2.05) is 0 Å². The molecule has 0 saturated carbocycles. The van der Waals surface area contributed by atoms with Gasteiger partial charge < -0.3 is 8.94 Å². The maximum absolute atomic E-state index is 10.6. The van der Waals surface area contributed by atoms with Gasteiger partial charge in [0.25, 0.3) is 5.88 Å². The van der Waals surface area contributed by atoms with E-state index < -0.39 is 4.92 Å². The van der Waals surface area contributed by atoms with Crippen LogP contribution in [0, 0.1) is 10.1 Å². The lowest BCUT2D eigenvalue weighted by molar-refractivity contribution is -0.380. The molecule has 0 aliphatic rings. The molecule has 100 valence electrons. The highest BCUT2D eigenvalue weighted by Gasteiger charge is 2.09. The van der Waals surface area contributed by atoms with Crippen molar-refractivity contribution in [3.8, 4) is 11.5 Å². The molecule has 0 aliphatic carbocycles. The van der Waals surface area contributed by atoms with Crippen LogP contribution in [0.3, 0.4) is 0 Å². The highest BCUT2D eigenvalue weighted by atomic mass is 32.1. The van der Waals surface area contributed by atoms with Crippen LogP contribution in [0.5, 0.6) is 0 Å². The summed E-state index contributed by atoms with van der Waals surface area (Å²) in [6.07, 6.45) is 3.02. The number of nitro groups is 1. The highest BCUT2D eigenvalue weighted by Crippen LogP contribution is 2.25. The number of furan rings is 1. The SMILES string of the molecule is O=[N+]([O-])c1cc(C=Nc2cc(-c3ccco3)no2)cs1. The van der Waals surface area contributed by atoms with Crippen LogP contribution in [0.2, 0.25) is 0 Å². The van der Waals surface area contributed by atoms with Crippen LogP contribution in [0.15, 0.2) is 49.8 Å². The topological polar surface area (TPSA) is 94.7 Å². The fourth-order valence-corrected chi connectivity index (χ4v) is 2.18. The fraction of sp³-hybridized carbons (Fsp3) is 0. The first-order valence-corrected chi connectivity index (χ1v) is 6.38. The van der Waals surface area contributed by atoms with Crippen LogP contribution in [0.25, 0.3) is 11.5 Å². The van der Waals surface area contributed by atoms with E-state index in [-0.39, 0.29) is 5.00 Å². The van der Waals surface area contributed by atoms with Gasteiger partial charge in [-0.05, 0) is 12.1 Å². The Hall–Kier alpha value is -2.74. The standard InChI is InChI=1S/C12H7N3O4S/c16-15(17)12-4-8(7-20-12)6-13-11-5-9(14-19-11)10-2-1-3-18-10/h1-7H. The molecule has 0 aliphatic heterocycles. The number of aromatic nitrogens is 1. The minimum Gasteiger partial charge on any atom is -0.463 e. The number of nitrogens with zero attached hydrogens (tertiary/aromatic N) is 3. The fourth-order valence-electron chi connectivity index (χ4n) is 1.51. The minimum atomic E-state index is -0.439. The molecule has 3 heterocycles. The van der Waals surface area contributed by atoms with Crippen molar-refractivity contribution in [3.05, 3.63) is 51.6 Å². The molecular formula is C12H7N3O4S. The van der Waals surface area contributed by atoms with E-state index in [2.05, 4.69) is 10.1 Å². The predicted octanol–water partition coefficient (Wildman–Crippen LogP) is 3.65. The van der Waals surface area contributed by atoms with Crippen molar-refractivity contribution in [1.29, 1.82) is 0 Å². The van der Waals surface area contributed by atoms with Gasteiger partial charge in [-0.15, -0.1) is 0 Å². The summed E-state index contributed by atoms with van der Waals surface area (Å²) >= 11 is 1.04. The van der Waals surface area contributed by atoms with Crippen LogP contribution in [-0.2, 0) is 0 Å². The lowest BCUT2D eigenvalue weighted by Gasteiger charge is -1.83. The quantitative estimate of drug-likeness (QED) is 0.415. The minimum absolute atomic E-state index is 0.0697. The van der Waals surface area contributed by atoms with Gasteiger partial charge in [0.2, 0.25) is 0 Å². The molecule has 0 atom stereocenters. The first-order valence-electron chi connectivity index (χ1n) is 5.50. The summed E-state index contributed by atoms with van der Waals surface area (Å²) in [7, 11) is 0.